The molecule has 1 amide bonds. The van der Waals surface area contributed by atoms with Gasteiger partial charge < -0.3 is 0 Å². The van der Waals surface area contributed by atoms with Gasteiger partial charge in [0.15, 0.2) is 5.13 Å². The lowest BCUT2D eigenvalue weighted by Crippen LogP contribution is -2.29. The van der Waals surface area contributed by atoms with Crippen molar-refractivity contribution in [1.29, 1.82) is 0 Å². The first-order chi connectivity index (χ1) is 12.3. The lowest BCUT2D eigenvalue weighted by molar-refractivity contribution is 0.102. The van der Waals surface area contributed by atoms with E-state index in [0.717, 1.165) is 31.7 Å². The van der Waals surface area contributed by atoms with Gasteiger partial charge in [0, 0.05) is 43.3 Å². The van der Waals surface area contributed by atoms with Crippen LogP contribution in [0.2, 0.25) is 0 Å². The maximum absolute atomic E-state index is 12.2. The minimum absolute atomic E-state index is 0.277. The summed E-state index contributed by atoms with van der Waals surface area (Å²) in [7, 11) is 0. The van der Waals surface area contributed by atoms with Crippen molar-refractivity contribution in [1.82, 2.24) is 19.9 Å². The molecule has 0 atom stereocenters. The monoisotopic (exact) mass is 351 g/mol. The Bertz CT molecular complexity index is 866. The first kappa shape index (κ1) is 15.9. The van der Waals surface area contributed by atoms with Gasteiger partial charge in [-0.2, -0.15) is 0 Å². The summed E-state index contributed by atoms with van der Waals surface area (Å²) in [6.07, 6.45) is 5.40. The summed E-state index contributed by atoms with van der Waals surface area (Å²) in [4.78, 5) is 28.3. The van der Waals surface area contributed by atoms with E-state index in [9.17, 15) is 4.79 Å². The van der Waals surface area contributed by atoms with Gasteiger partial charge in [0.25, 0.3) is 5.91 Å². The quantitative estimate of drug-likeness (QED) is 0.783. The van der Waals surface area contributed by atoms with E-state index in [0.29, 0.717) is 10.8 Å². The molecule has 4 rings (SSSR count). The van der Waals surface area contributed by atoms with Gasteiger partial charge >= 0.3 is 0 Å². The van der Waals surface area contributed by atoms with Crippen LogP contribution in [0.1, 0.15) is 26.6 Å². The zero-order valence-electron chi connectivity index (χ0n) is 13.6. The topological polar surface area (TPSA) is 71.0 Å². The zero-order valence-corrected chi connectivity index (χ0v) is 14.4. The second-order valence-electron chi connectivity index (χ2n) is 5.88. The van der Waals surface area contributed by atoms with E-state index in [1.165, 1.54) is 34.2 Å². The Balaban J connectivity index is 1.43. The number of benzene rings is 1. The molecule has 0 saturated carbocycles. The fraction of sp³-hybridized carbons (Fsp3) is 0.222. The number of carbonyl (C=O) groups excluding carboxylic acids is 1. The third-order valence-corrected chi connectivity index (χ3v) is 5.07. The number of amides is 1. The van der Waals surface area contributed by atoms with E-state index in [1.807, 2.05) is 6.07 Å². The number of nitrogens with zero attached hydrogens (tertiary/aromatic N) is 4. The number of thiazole rings is 1. The molecule has 3 aromatic rings. The lowest BCUT2D eigenvalue weighted by atomic mass is 10.1. The molecule has 7 heteroatoms. The fourth-order valence-electron chi connectivity index (χ4n) is 2.86. The fourth-order valence-corrected chi connectivity index (χ4v) is 3.90. The maximum Gasteiger partial charge on any atom is 0.277 e. The molecule has 0 aliphatic carbocycles. The molecule has 25 heavy (non-hydrogen) atoms. The van der Waals surface area contributed by atoms with Crippen LogP contribution in [0.15, 0.2) is 48.9 Å². The number of hydrogen-bond donors (Lipinski definition) is 1. The predicted octanol–water partition coefficient (Wildman–Crippen LogP) is 2.74. The van der Waals surface area contributed by atoms with Crippen molar-refractivity contribution in [3.05, 3.63) is 70.8 Å². The number of carbonyl (C=O) groups is 1. The second-order valence-corrected chi connectivity index (χ2v) is 6.96. The molecular formula is C18H17N5OS. The Kier molecular flexibility index (Phi) is 4.49. The van der Waals surface area contributed by atoms with Crippen LogP contribution < -0.4 is 5.32 Å². The Morgan fingerprint density at radius 3 is 2.92 bits per heavy atom. The SMILES string of the molecule is O=C(Nc1nc2c(s1)CN(Cc1ccccc1)CC2)c1cnccn1. The van der Waals surface area contributed by atoms with E-state index >= 15 is 0 Å². The van der Waals surface area contributed by atoms with E-state index in [-0.39, 0.29) is 5.91 Å². The van der Waals surface area contributed by atoms with Crippen LogP contribution in [0.25, 0.3) is 0 Å². The largest absolute Gasteiger partial charge is 0.296 e. The van der Waals surface area contributed by atoms with Gasteiger partial charge in [0.05, 0.1) is 11.9 Å². The van der Waals surface area contributed by atoms with Crippen LogP contribution in [0.3, 0.4) is 0 Å². The van der Waals surface area contributed by atoms with Gasteiger partial charge in [-0.25, -0.2) is 9.97 Å². The first-order valence-corrected chi connectivity index (χ1v) is 8.92. The number of hydrogen-bond acceptors (Lipinski definition) is 6. The molecule has 1 aliphatic heterocycles. The maximum atomic E-state index is 12.2. The Hall–Kier alpha value is -2.64. The highest BCUT2D eigenvalue weighted by atomic mass is 32.1. The van der Waals surface area contributed by atoms with E-state index in [1.54, 1.807) is 6.20 Å². The Morgan fingerprint density at radius 1 is 1.24 bits per heavy atom. The molecule has 0 bridgehead atoms. The smallest absolute Gasteiger partial charge is 0.277 e. The number of nitrogens with one attached hydrogen (secondary N) is 1. The van der Waals surface area contributed by atoms with Gasteiger partial charge in [0.2, 0.25) is 0 Å². The van der Waals surface area contributed by atoms with Crippen LogP contribution in [-0.4, -0.2) is 32.3 Å². The van der Waals surface area contributed by atoms with Crippen molar-refractivity contribution in [3.63, 3.8) is 0 Å². The molecule has 0 radical (unpaired) electrons. The normalized spacial score (nSPS) is 14.1. The highest BCUT2D eigenvalue weighted by Crippen LogP contribution is 2.29. The summed E-state index contributed by atoms with van der Waals surface area (Å²) in [5.74, 6) is -0.277. The van der Waals surface area contributed by atoms with E-state index < -0.39 is 0 Å². The third-order valence-electron chi connectivity index (χ3n) is 4.08. The van der Waals surface area contributed by atoms with Gasteiger partial charge in [-0.05, 0) is 5.56 Å². The standard InChI is InChI=1S/C18H17N5OS/c24-17(15-10-19-7-8-20-15)22-18-21-14-6-9-23(12-16(14)25-18)11-13-4-2-1-3-5-13/h1-5,7-8,10H,6,9,11-12H2,(H,21,22,24). The number of rotatable bonds is 4. The number of anilines is 1. The molecule has 2 aromatic heterocycles. The molecule has 1 N–H and O–H groups in total. The third kappa shape index (κ3) is 3.72. The lowest BCUT2D eigenvalue weighted by Gasteiger charge is -2.25. The number of fused-ring (bicyclic) bond motifs is 1. The molecular weight excluding hydrogens is 334 g/mol. The molecule has 3 heterocycles. The average molecular weight is 351 g/mol. The zero-order chi connectivity index (χ0) is 17.1. The van der Waals surface area contributed by atoms with Crippen molar-refractivity contribution < 1.29 is 4.79 Å². The Morgan fingerprint density at radius 2 is 2.12 bits per heavy atom. The van der Waals surface area contributed by atoms with Crippen LogP contribution >= 0.6 is 11.3 Å². The minimum Gasteiger partial charge on any atom is -0.296 e. The first-order valence-electron chi connectivity index (χ1n) is 8.10. The van der Waals surface area contributed by atoms with Gasteiger partial charge in [-0.1, -0.05) is 30.3 Å². The Labute approximate surface area is 149 Å². The van der Waals surface area contributed by atoms with Gasteiger partial charge in [0.1, 0.15) is 5.69 Å². The van der Waals surface area contributed by atoms with Crippen molar-refractivity contribution in [3.8, 4) is 0 Å². The van der Waals surface area contributed by atoms with Crippen molar-refractivity contribution in [2.45, 2.75) is 19.5 Å². The molecule has 1 aromatic carbocycles. The van der Waals surface area contributed by atoms with Gasteiger partial charge in [-0.15, -0.1) is 11.3 Å². The summed E-state index contributed by atoms with van der Waals surface area (Å²) in [6, 6.07) is 10.5. The second kappa shape index (κ2) is 7.08. The highest BCUT2D eigenvalue weighted by molar-refractivity contribution is 7.15. The van der Waals surface area contributed by atoms with E-state index in [2.05, 4.69) is 49.4 Å². The minimum atomic E-state index is -0.277. The highest BCUT2D eigenvalue weighted by Gasteiger charge is 2.21. The molecule has 1 aliphatic rings. The molecule has 0 spiro atoms. The number of aromatic nitrogens is 3. The summed E-state index contributed by atoms with van der Waals surface area (Å²) < 4.78 is 0. The van der Waals surface area contributed by atoms with Crippen LogP contribution in [0.5, 0.6) is 0 Å². The predicted molar refractivity (Wildman–Crippen MR) is 96.4 cm³/mol. The summed E-state index contributed by atoms with van der Waals surface area (Å²) >= 11 is 1.54. The van der Waals surface area contributed by atoms with Crippen molar-refractivity contribution in [2.75, 3.05) is 11.9 Å². The van der Waals surface area contributed by atoms with E-state index in [4.69, 9.17) is 0 Å². The summed E-state index contributed by atoms with van der Waals surface area (Å²) in [6.45, 7) is 2.77. The summed E-state index contributed by atoms with van der Waals surface area (Å²) in [5, 5.41) is 3.45. The molecule has 0 unspecified atom stereocenters. The van der Waals surface area contributed by atoms with Crippen molar-refractivity contribution in [2.24, 2.45) is 0 Å². The van der Waals surface area contributed by atoms with Crippen LogP contribution in [-0.2, 0) is 19.5 Å². The van der Waals surface area contributed by atoms with Crippen LogP contribution in [0.4, 0.5) is 5.13 Å². The summed E-state index contributed by atoms with van der Waals surface area (Å²) in [5.41, 5.74) is 2.69. The average Bonchev–Trinajstić information content (AvgIpc) is 3.05. The van der Waals surface area contributed by atoms with Crippen LogP contribution in [0, 0.1) is 0 Å². The van der Waals surface area contributed by atoms with Crippen molar-refractivity contribution >= 4 is 22.4 Å². The molecule has 126 valence electrons. The molecule has 6 nitrogen and oxygen atoms in total. The molecule has 0 saturated heterocycles. The van der Waals surface area contributed by atoms with Gasteiger partial charge in [-0.3, -0.25) is 20.0 Å². The molecule has 0 fully saturated rings.